The smallest absolute Gasteiger partial charge is 0.343 e. The molecule has 7 heteroatoms. The van der Waals surface area contributed by atoms with Gasteiger partial charge in [-0.15, -0.1) is 5.10 Å². The molecule has 6 nitrogen and oxygen atoms in total. The Bertz CT molecular complexity index is 562. The van der Waals surface area contributed by atoms with Crippen molar-refractivity contribution in [3.63, 3.8) is 0 Å². The van der Waals surface area contributed by atoms with Crippen molar-refractivity contribution in [2.45, 2.75) is 30.1 Å². The van der Waals surface area contributed by atoms with E-state index in [1.54, 1.807) is 22.9 Å². The number of hydrogen-bond donors (Lipinski definition) is 2. The highest BCUT2D eigenvalue weighted by atomic mass is 32.2. The summed E-state index contributed by atoms with van der Waals surface area (Å²) in [6.45, 7) is 2.63. The number of hydrogen-bond acceptors (Lipinski definition) is 5. The van der Waals surface area contributed by atoms with Gasteiger partial charge in [-0.2, -0.15) is 0 Å². The van der Waals surface area contributed by atoms with Gasteiger partial charge in [0.1, 0.15) is 5.03 Å². The van der Waals surface area contributed by atoms with Gasteiger partial charge in [-0.1, -0.05) is 6.92 Å². The first-order valence-electron chi connectivity index (χ1n) is 5.26. The fourth-order valence-corrected chi connectivity index (χ4v) is 2.23. The molecule has 17 heavy (non-hydrogen) atoms. The molecule has 0 aromatic carbocycles. The summed E-state index contributed by atoms with van der Waals surface area (Å²) in [6, 6.07) is 3.54. The lowest BCUT2D eigenvalue weighted by molar-refractivity contribution is 0.603. The molecular weight excluding hydrogens is 238 g/mol. The zero-order chi connectivity index (χ0) is 12.3. The summed E-state index contributed by atoms with van der Waals surface area (Å²) in [7, 11) is 0. The van der Waals surface area contributed by atoms with Gasteiger partial charge in [-0.3, -0.25) is 4.57 Å². The average Bonchev–Trinajstić information content (AvgIpc) is 2.65. The molecule has 0 bridgehead atoms. The molecule has 0 fully saturated rings. The summed E-state index contributed by atoms with van der Waals surface area (Å²) in [5, 5.41) is 7.64. The van der Waals surface area contributed by atoms with E-state index in [9.17, 15) is 4.79 Å². The van der Waals surface area contributed by atoms with Gasteiger partial charge in [0.15, 0.2) is 5.16 Å². The first-order valence-corrected chi connectivity index (χ1v) is 6.07. The van der Waals surface area contributed by atoms with Gasteiger partial charge in [0.2, 0.25) is 0 Å². The average molecular weight is 251 g/mol. The van der Waals surface area contributed by atoms with Crippen LogP contribution in [0.2, 0.25) is 0 Å². The Morgan fingerprint density at radius 2 is 2.41 bits per heavy atom. The van der Waals surface area contributed by atoms with Crippen molar-refractivity contribution in [2.24, 2.45) is 0 Å². The number of nitrogens with zero attached hydrogens (tertiary/aromatic N) is 3. The van der Waals surface area contributed by atoms with Gasteiger partial charge in [0, 0.05) is 12.7 Å². The number of rotatable bonds is 4. The fraction of sp³-hybridized carbons (Fsp3) is 0.300. The molecule has 2 rings (SSSR count). The zero-order valence-electron chi connectivity index (χ0n) is 9.38. The quantitative estimate of drug-likeness (QED) is 0.849. The van der Waals surface area contributed by atoms with Crippen molar-refractivity contribution in [3.05, 3.63) is 28.8 Å². The minimum Gasteiger partial charge on any atom is -0.397 e. The van der Waals surface area contributed by atoms with Crippen LogP contribution in [0.5, 0.6) is 0 Å². The second-order valence-electron chi connectivity index (χ2n) is 3.46. The van der Waals surface area contributed by atoms with Crippen LogP contribution in [0.4, 0.5) is 5.69 Å². The predicted molar refractivity (Wildman–Crippen MR) is 65.9 cm³/mol. The van der Waals surface area contributed by atoms with Gasteiger partial charge in [0.05, 0.1) is 5.69 Å². The minimum absolute atomic E-state index is 0.205. The molecule has 0 saturated heterocycles. The topological polar surface area (TPSA) is 89.6 Å². The van der Waals surface area contributed by atoms with Crippen molar-refractivity contribution in [1.29, 1.82) is 0 Å². The molecule has 0 spiro atoms. The molecule has 0 aliphatic rings. The summed E-state index contributed by atoms with van der Waals surface area (Å²) in [5.74, 6) is 0. The van der Waals surface area contributed by atoms with E-state index in [0.29, 0.717) is 22.4 Å². The van der Waals surface area contributed by atoms with Crippen LogP contribution in [0.1, 0.15) is 13.3 Å². The van der Waals surface area contributed by atoms with Gasteiger partial charge >= 0.3 is 5.69 Å². The second-order valence-corrected chi connectivity index (χ2v) is 4.42. The lowest BCUT2D eigenvalue weighted by Gasteiger charge is -2.04. The van der Waals surface area contributed by atoms with Crippen LogP contribution in [0.25, 0.3) is 0 Å². The van der Waals surface area contributed by atoms with Gasteiger partial charge in [-0.05, 0) is 30.3 Å². The fourth-order valence-electron chi connectivity index (χ4n) is 1.38. The maximum absolute atomic E-state index is 11.5. The number of anilines is 1. The molecular formula is C10H13N5OS. The summed E-state index contributed by atoms with van der Waals surface area (Å²) in [4.78, 5) is 15.6. The third-order valence-electron chi connectivity index (χ3n) is 2.16. The third-order valence-corrected chi connectivity index (χ3v) is 3.19. The highest BCUT2D eigenvalue weighted by molar-refractivity contribution is 7.99. The third kappa shape index (κ3) is 2.50. The summed E-state index contributed by atoms with van der Waals surface area (Å²) >= 11 is 1.29. The number of nitrogens with two attached hydrogens (primary N) is 1. The maximum Gasteiger partial charge on any atom is 0.343 e. The largest absolute Gasteiger partial charge is 0.397 e. The lowest BCUT2D eigenvalue weighted by atomic mass is 10.4. The Morgan fingerprint density at radius 1 is 1.59 bits per heavy atom. The van der Waals surface area contributed by atoms with Crippen LogP contribution in [0.15, 0.2) is 33.3 Å². The molecule has 3 N–H and O–H groups in total. The number of aromatic amines is 1. The minimum atomic E-state index is -0.205. The van der Waals surface area contributed by atoms with Crippen LogP contribution >= 0.6 is 11.8 Å². The number of pyridine rings is 1. The SMILES string of the molecule is CCCn1c(Sc2ncccc2N)n[nH]c1=O. The van der Waals surface area contributed by atoms with E-state index in [0.717, 1.165) is 6.42 Å². The molecule has 2 aromatic rings. The Hall–Kier alpha value is -1.76. The van der Waals surface area contributed by atoms with Crippen molar-refractivity contribution in [1.82, 2.24) is 19.7 Å². The van der Waals surface area contributed by atoms with E-state index in [2.05, 4.69) is 15.2 Å². The van der Waals surface area contributed by atoms with Gasteiger partial charge < -0.3 is 5.73 Å². The molecule has 0 saturated carbocycles. The first kappa shape index (κ1) is 11.7. The van der Waals surface area contributed by atoms with Crippen LogP contribution in [-0.2, 0) is 6.54 Å². The Kier molecular flexibility index (Phi) is 3.48. The lowest BCUT2D eigenvalue weighted by Crippen LogP contribution is -2.17. The van der Waals surface area contributed by atoms with Crippen molar-refractivity contribution >= 4 is 17.4 Å². The summed E-state index contributed by atoms with van der Waals surface area (Å²) in [6.07, 6.45) is 2.53. The zero-order valence-corrected chi connectivity index (χ0v) is 10.2. The van der Waals surface area contributed by atoms with Crippen LogP contribution in [-0.4, -0.2) is 19.7 Å². The van der Waals surface area contributed by atoms with Gasteiger partial charge in [-0.25, -0.2) is 14.9 Å². The number of nitrogen functional groups attached to an aromatic ring is 1. The number of aromatic nitrogens is 4. The molecule has 0 unspecified atom stereocenters. The van der Waals surface area contributed by atoms with E-state index < -0.39 is 0 Å². The molecule has 2 aromatic heterocycles. The molecule has 90 valence electrons. The van der Waals surface area contributed by atoms with Crippen LogP contribution in [0, 0.1) is 0 Å². The molecule has 0 radical (unpaired) electrons. The van der Waals surface area contributed by atoms with E-state index in [1.165, 1.54) is 11.8 Å². The van der Waals surface area contributed by atoms with Crippen LogP contribution < -0.4 is 11.4 Å². The second kappa shape index (κ2) is 5.05. The molecule has 0 aliphatic heterocycles. The molecule has 2 heterocycles. The van der Waals surface area contributed by atoms with E-state index in [1.807, 2.05) is 6.92 Å². The summed E-state index contributed by atoms with van der Waals surface area (Å²) in [5.41, 5.74) is 6.17. The van der Waals surface area contributed by atoms with E-state index >= 15 is 0 Å². The maximum atomic E-state index is 11.5. The Balaban J connectivity index is 2.30. The van der Waals surface area contributed by atoms with Crippen molar-refractivity contribution in [2.75, 3.05) is 5.73 Å². The first-order chi connectivity index (χ1) is 8.22. The molecule has 0 atom stereocenters. The standard InChI is InChI=1S/C10H13N5OS/c1-2-6-15-9(16)13-14-10(15)17-8-7(11)4-3-5-12-8/h3-5H,2,6,11H2,1H3,(H,13,16). The molecule has 0 aliphatic carbocycles. The predicted octanol–water partition coefficient (Wildman–Crippen LogP) is 1.11. The molecule has 0 amide bonds. The van der Waals surface area contributed by atoms with Crippen LogP contribution in [0.3, 0.4) is 0 Å². The Morgan fingerprint density at radius 3 is 3.12 bits per heavy atom. The van der Waals surface area contributed by atoms with E-state index in [-0.39, 0.29) is 5.69 Å². The highest BCUT2D eigenvalue weighted by Crippen LogP contribution is 2.27. The number of H-pyrrole nitrogens is 1. The Labute approximate surface area is 102 Å². The number of nitrogens with one attached hydrogen (secondary N) is 1. The van der Waals surface area contributed by atoms with E-state index in [4.69, 9.17) is 5.73 Å². The highest BCUT2D eigenvalue weighted by Gasteiger charge is 2.11. The van der Waals surface area contributed by atoms with Crippen molar-refractivity contribution in [3.8, 4) is 0 Å². The monoisotopic (exact) mass is 251 g/mol. The normalized spacial score (nSPS) is 10.6. The summed E-state index contributed by atoms with van der Waals surface area (Å²) < 4.78 is 1.58. The van der Waals surface area contributed by atoms with Crippen molar-refractivity contribution < 1.29 is 0 Å². The van der Waals surface area contributed by atoms with Gasteiger partial charge in [0.25, 0.3) is 0 Å².